The SMILES string of the molecule is COC(=O)/C(=N/Nc1nnc(C)n1N)[C@@H](C#N)c1ccc(Cl)cc1. The van der Waals surface area contributed by atoms with Gasteiger partial charge in [-0.2, -0.15) is 10.4 Å². The van der Waals surface area contributed by atoms with E-state index in [1.807, 2.05) is 6.07 Å². The molecule has 1 atom stereocenters. The monoisotopic (exact) mass is 347 g/mol. The number of aryl methyl sites for hydroxylation is 1. The first-order valence-electron chi connectivity index (χ1n) is 6.72. The molecule has 0 unspecified atom stereocenters. The normalized spacial score (nSPS) is 12.3. The maximum Gasteiger partial charge on any atom is 0.355 e. The van der Waals surface area contributed by atoms with Gasteiger partial charge in [-0.25, -0.2) is 14.9 Å². The first kappa shape index (κ1) is 17.2. The number of nitrogen functional groups attached to an aromatic ring is 1. The largest absolute Gasteiger partial charge is 0.464 e. The molecule has 9 nitrogen and oxygen atoms in total. The van der Waals surface area contributed by atoms with E-state index in [0.29, 0.717) is 16.4 Å². The number of nitrogens with two attached hydrogens (primary N) is 1. The number of nitriles is 1. The highest BCUT2D eigenvalue weighted by Crippen LogP contribution is 2.20. The Morgan fingerprint density at radius 2 is 2.12 bits per heavy atom. The van der Waals surface area contributed by atoms with Gasteiger partial charge in [0, 0.05) is 5.02 Å². The number of rotatable bonds is 5. The van der Waals surface area contributed by atoms with E-state index in [0.717, 1.165) is 4.68 Å². The number of benzene rings is 1. The molecule has 2 rings (SSSR count). The van der Waals surface area contributed by atoms with Crippen LogP contribution in [0.25, 0.3) is 0 Å². The number of esters is 1. The van der Waals surface area contributed by atoms with Crippen molar-refractivity contribution in [3.05, 3.63) is 40.7 Å². The summed E-state index contributed by atoms with van der Waals surface area (Å²) in [6.07, 6.45) is 0. The molecule has 0 fully saturated rings. The predicted octanol–water partition coefficient (Wildman–Crippen LogP) is 1.20. The molecule has 0 saturated heterocycles. The van der Waals surface area contributed by atoms with Gasteiger partial charge in [0.15, 0.2) is 11.5 Å². The average Bonchev–Trinajstić information content (AvgIpc) is 2.91. The number of carbonyl (C=O) groups is 1. The molecule has 124 valence electrons. The number of anilines is 1. The molecule has 2 aromatic rings. The van der Waals surface area contributed by atoms with Gasteiger partial charge in [0.25, 0.3) is 5.95 Å². The van der Waals surface area contributed by atoms with E-state index in [4.69, 9.17) is 22.2 Å². The number of hydrogen-bond acceptors (Lipinski definition) is 8. The zero-order chi connectivity index (χ0) is 17.7. The quantitative estimate of drug-likeness (QED) is 0.359. The minimum Gasteiger partial charge on any atom is -0.464 e. The molecule has 24 heavy (non-hydrogen) atoms. The molecule has 0 amide bonds. The number of aromatic nitrogens is 3. The number of nitrogens with one attached hydrogen (secondary N) is 1. The minimum absolute atomic E-state index is 0.113. The van der Waals surface area contributed by atoms with E-state index < -0.39 is 11.9 Å². The van der Waals surface area contributed by atoms with Crippen LogP contribution in [0.15, 0.2) is 29.4 Å². The molecule has 3 N–H and O–H groups in total. The lowest BCUT2D eigenvalue weighted by atomic mass is 9.95. The summed E-state index contributed by atoms with van der Waals surface area (Å²) in [5.41, 5.74) is 2.91. The Balaban J connectivity index is 2.37. The van der Waals surface area contributed by atoms with Crippen molar-refractivity contribution in [3.63, 3.8) is 0 Å². The summed E-state index contributed by atoms with van der Waals surface area (Å²) < 4.78 is 5.86. The van der Waals surface area contributed by atoms with Gasteiger partial charge in [-0.1, -0.05) is 23.7 Å². The number of methoxy groups -OCH3 is 1. The molecule has 1 aromatic heterocycles. The molecule has 0 aliphatic carbocycles. The van der Waals surface area contributed by atoms with Crippen LogP contribution in [-0.2, 0) is 9.53 Å². The van der Waals surface area contributed by atoms with Crippen LogP contribution in [0.3, 0.4) is 0 Å². The maximum absolute atomic E-state index is 12.0. The van der Waals surface area contributed by atoms with Crippen molar-refractivity contribution >= 4 is 29.2 Å². The fourth-order valence-corrected chi connectivity index (χ4v) is 1.96. The van der Waals surface area contributed by atoms with Crippen molar-refractivity contribution in [1.29, 1.82) is 5.26 Å². The Kier molecular flexibility index (Phi) is 5.34. The van der Waals surface area contributed by atoms with Crippen LogP contribution in [0.4, 0.5) is 5.95 Å². The van der Waals surface area contributed by atoms with E-state index in [1.54, 1.807) is 31.2 Å². The lowest BCUT2D eigenvalue weighted by molar-refractivity contribution is -0.132. The van der Waals surface area contributed by atoms with Crippen LogP contribution in [0.2, 0.25) is 5.02 Å². The highest BCUT2D eigenvalue weighted by molar-refractivity contribution is 6.39. The second kappa shape index (κ2) is 7.43. The molecule has 0 saturated carbocycles. The van der Waals surface area contributed by atoms with Gasteiger partial charge >= 0.3 is 5.97 Å². The highest BCUT2D eigenvalue weighted by atomic mass is 35.5. The van der Waals surface area contributed by atoms with E-state index in [1.165, 1.54) is 7.11 Å². The molecular weight excluding hydrogens is 334 g/mol. The highest BCUT2D eigenvalue weighted by Gasteiger charge is 2.26. The van der Waals surface area contributed by atoms with Crippen LogP contribution in [0.1, 0.15) is 17.3 Å². The second-order valence-electron chi connectivity index (χ2n) is 4.65. The van der Waals surface area contributed by atoms with E-state index in [9.17, 15) is 10.1 Å². The first-order valence-corrected chi connectivity index (χ1v) is 7.09. The Hall–Kier alpha value is -3.12. The van der Waals surface area contributed by atoms with Crippen LogP contribution in [0, 0.1) is 18.3 Å². The number of carbonyl (C=O) groups excluding carboxylic acids is 1. The Morgan fingerprint density at radius 3 is 2.62 bits per heavy atom. The standard InChI is InChI=1S/C14H14ClN7O2/c1-8-18-20-14(22(8)17)21-19-12(13(23)24-2)11(7-16)9-3-5-10(15)6-4-9/h3-6,11H,17H2,1-2H3,(H,20,21)/b19-12+/t11-/m0/s1. The summed E-state index contributed by atoms with van der Waals surface area (Å²) in [6.45, 7) is 1.65. The van der Waals surface area contributed by atoms with Gasteiger partial charge in [-0.3, -0.25) is 0 Å². The summed E-state index contributed by atoms with van der Waals surface area (Å²) in [5, 5.41) is 21.4. The number of nitrogens with zero attached hydrogens (tertiary/aromatic N) is 5. The van der Waals surface area contributed by atoms with Gasteiger partial charge in [0.2, 0.25) is 0 Å². The number of hydrogen-bond donors (Lipinski definition) is 2. The molecule has 1 aromatic carbocycles. The summed E-state index contributed by atoms with van der Waals surface area (Å²) in [7, 11) is 1.20. The molecule has 0 spiro atoms. The first-order chi connectivity index (χ1) is 11.5. The molecule has 0 bridgehead atoms. The smallest absolute Gasteiger partial charge is 0.355 e. The third-order valence-corrected chi connectivity index (χ3v) is 3.40. The summed E-state index contributed by atoms with van der Waals surface area (Å²) in [4.78, 5) is 12.0. The van der Waals surface area contributed by atoms with Gasteiger partial charge in [0.1, 0.15) is 5.92 Å². The maximum atomic E-state index is 12.0. The number of halogens is 1. The zero-order valence-corrected chi connectivity index (χ0v) is 13.7. The lowest BCUT2D eigenvalue weighted by Gasteiger charge is -2.11. The second-order valence-corrected chi connectivity index (χ2v) is 5.09. The van der Waals surface area contributed by atoms with Crippen molar-refractivity contribution in [2.45, 2.75) is 12.8 Å². The zero-order valence-electron chi connectivity index (χ0n) is 12.9. The van der Waals surface area contributed by atoms with Gasteiger partial charge in [-0.15, -0.1) is 10.2 Å². The van der Waals surface area contributed by atoms with Gasteiger partial charge in [0.05, 0.1) is 13.2 Å². The van der Waals surface area contributed by atoms with Crippen LogP contribution in [0.5, 0.6) is 0 Å². The van der Waals surface area contributed by atoms with Crippen LogP contribution >= 0.6 is 11.6 Å². The van der Waals surface area contributed by atoms with Gasteiger partial charge in [-0.05, 0) is 24.6 Å². The van der Waals surface area contributed by atoms with Crippen molar-refractivity contribution in [3.8, 4) is 6.07 Å². The molecule has 0 aliphatic heterocycles. The summed E-state index contributed by atoms with van der Waals surface area (Å²) >= 11 is 5.84. The van der Waals surface area contributed by atoms with Crippen molar-refractivity contribution in [2.75, 3.05) is 18.4 Å². The third kappa shape index (κ3) is 3.61. The third-order valence-electron chi connectivity index (χ3n) is 3.14. The molecule has 0 aliphatic rings. The molecule has 10 heteroatoms. The van der Waals surface area contributed by atoms with E-state index in [-0.39, 0.29) is 11.7 Å². The van der Waals surface area contributed by atoms with E-state index >= 15 is 0 Å². The number of ether oxygens (including phenoxy) is 1. The van der Waals surface area contributed by atoms with Crippen molar-refractivity contribution in [1.82, 2.24) is 14.9 Å². The summed E-state index contributed by atoms with van der Waals surface area (Å²) in [6, 6.07) is 8.51. The van der Waals surface area contributed by atoms with Crippen LogP contribution < -0.4 is 11.3 Å². The Bertz CT molecular complexity index is 808. The lowest BCUT2D eigenvalue weighted by Crippen LogP contribution is -2.25. The average molecular weight is 348 g/mol. The van der Waals surface area contributed by atoms with E-state index in [2.05, 4.69) is 20.7 Å². The molecular formula is C14H14ClN7O2. The predicted molar refractivity (Wildman–Crippen MR) is 87.8 cm³/mol. The van der Waals surface area contributed by atoms with Crippen molar-refractivity contribution < 1.29 is 9.53 Å². The Labute approximate surface area is 142 Å². The van der Waals surface area contributed by atoms with Crippen molar-refractivity contribution in [2.24, 2.45) is 5.10 Å². The van der Waals surface area contributed by atoms with Crippen LogP contribution in [-0.4, -0.2) is 33.7 Å². The molecule has 0 radical (unpaired) electrons. The topological polar surface area (TPSA) is 131 Å². The number of hydrazone groups is 1. The fourth-order valence-electron chi connectivity index (χ4n) is 1.84. The minimum atomic E-state index is -0.961. The fraction of sp³-hybridized carbons (Fsp3) is 0.214. The Morgan fingerprint density at radius 1 is 1.46 bits per heavy atom. The van der Waals surface area contributed by atoms with Gasteiger partial charge < -0.3 is 10.6 Å². The summed E-state index contributed by atoms with van der Waals surface area (Å²) in [5.74, 6) is 4.54. The molecule has 1 heterocycles.